The van der Waals surface area contributed by atoms with E-state index in [1.54, 1.807) is 38.2 Å². The molecule has 4 nitrogen and oxygen atoms in total. The molecule has 1 saturated heterocycles. The summed E-state index contributed by atoms with van der Waals surface area (Å²) < 4.78 is 218. The number of benzene rings is 4. The van der Waals surface area contributed by atoms with Crippen LogP contribution < -0.4 is 14.9 Å². The molecule has 7 rings (SSSR count). The van der Waals surface area contributed by atoms with E-state index in [0.29, 0.717) is 31.1 Å². The van der Waals surface area contributed by atoms with Crippen LogP contribution in [0.5, 0.6) is 11.5 Å². The first-order valence-corrected chi connectivity index (χ1v) is 24.4. The van der Waals surface area contributed by atoms with Crippen molar-refractivity contribution in [3.8, 4) is 21.5 Å². The molecule has 6 aromatic rings. The van der Waals surface area contributed by atoms with Gasteiger partial charge < -0.3 is 14.0 Å². The van der Waals surface area contributed by atoms with E-state index in [0.717, 1.165) is 29.4 Å². The molecule has 0 radical (unpaired) electrons. The summed E-state index contributed by atoms with van der Waals surface area (Å²) >= 11 is 3.95. The zero-order chi connectivity index (χ0) is 50.7. The third kappa shape index (κ3) is 13.0. The van der Waals surface area contributed by atoms with Gasteiger partial charge in [-0.25, -0.2) is 22.0 Å². The molecule has 0 saturated carbocycles. The van der Waals surface area contributed by atoms with Crippen LogP contribution in [0.4, 0.5) is 61.5 Å². The summed E-state index contributed by atoms with van der Waals surface area (Å²) in [5.41, 5.74) is -5.25. The summed E-state index contributed by atoms with van der Waals surface area (Å²) in [6.07, 6.45) is -4.96. The maximum absolute atomic E-state index is 14.5. The monoisotopic (exact) mass is 1170 g/mol. The van der Waals surface area contributed by atoms with Gasteiger partial charge in [0.05, 0.1) is 11.2 Å². The van der Waals surface area contributed by atoms with Crippen molar-refractivity contribution in [1.82, 2.24) is 0 Å². The Labute approximate surface area is 402 Å². The van der Waals surface area contributed by atoms with E-state index in [-0.39, 0.29) is 49.8 Å². The second kappa shape index (κ2) is 21.9. The van der Waals surface area contributed by atoms with E-state index < -0.39 is 111 Å². The molecule has 0 spiro atoms. The van der Waals surface area contributed by atoms with Crippen LogP contribution in [-0.4, -0.2) is 47.3 Å². The number of hydrogen-bond acceptors (Lipinski definition) is 4. The Morgan fingerprint density at radius 2 is 0.897 bits per heavy atom. The topological polar surface area (TPSA) is 36.9 Å². The van der Waals surface area contributed by atoms with Crippen LogP contribution in [0, 0.1) is 58.2 Å². The Morgan fingerprint density at radius 1 is 0.529 bits per heavy atom. The van der Waals surface area contributed by atoms with Gasteiger partial charge >= 0.3 is 250 Å². The molecular formula is C46H38BBrF14O4Se2. The fourth-order valence-electron chi connectivity index (χ4n) is 6.21. The molecule has 0 amide bonds. The van der Waals surface area contributed by atoms with Gasteiger partial charge in [-0.2, -0.15) is 8.78 Å². The SMILES string of the molecule is CC1(C)OB(c2cc(F)c(C(F)(F)Oc3cc(F)c(F)c(F)c3)c(F)c2)OC1(C)C.CCCc1ccc(-c2cc(F)c(C(F)(F)Oc3cc(F)c(F)c(F)c3)c(F)c2)[se]1.CCCc1ccc(Br)[se]1. The first-order valence-electron chi connectivity index (χ1n) is 20.2. The maximum atomic E-state index is 14.5. The van der Waals surface area contributed by atoms with Crippen LogP contribution in [0.2, 0.25) is 0 Å². The van der Waals surface area contributed by atoms with Crippen LogP contribution in [-0.2, 0) is 34.4 Å². The van der Waals surface area contributed by atoms with Gasteiger partial charge in [0.2, 0.25) is 0 Å². The summed E-state index contributed by atoms with van der Waals surface area (Å²) in [6.45, 7) is 11.0. The van der Waals surface area contributed by atoms with Crippen molar-refractivity contribution >= 4 is 57.5 Å². The molecule has 0 bridgehead atoms. The Balaban J connectivity index is 0.000000215. The van der Waals surface area contributed by atoms with Gasteiger partial charge in [-0.3, -0.25) is 0 Å². The van der Waals surface area contributed by atoms with E-state index in [1.165, 1.54) is 16.2 Å². The van der Waals surface area contributed by atoms with Crippen LogP contribution >= 0.6 is 15.9 Å². The molecule has 366 valence electrons. The first-order chi connectivity index (χ1) is 31.6. The summed E-state index contributed by atoms with van der Waals surface area (Å²) in [5.74, 6) is -19.8. The van der Waals surface area contributed by atoms with E-state index >= 15 is 0 Å². The summed E-state index contributed by atoms with van der Waals surface area (Å²) in [4.78, 5) is 0. The van der Waals surface area contributed by atoms with Crippen molar-refractivity contribution in [2.45, 2.75) is 90.6 Å². The molecule has 0 unspecified atom stereocenters. The van der Waals surface area contributed by atoms with Crippen LogP contribution in [0.15, 0.2) is 76.1 Å². The van der Waals surface area contributed by atoms with Crippen molar-refractivity contribution in [2.24, 2.45) is 0 Å². The Hall–Kier alpha value is -4.04. The average molecular weight is 1170 g/mol. The number of aryl methyl sites for hydroxylation is 2. The Kier molecular flexibility index (Phi) is 17.7. The Bertz CT molecular complexity index is 2640. The van der Waals surface area contributed by atoms with Crippen molar-refractivity contribution in [3.63, 3.8) is 0 Å². The summed E-state index contributed by atoms with van der Waals surface area (Å²) in [5, 5.41) is 0. The van der Waals surface area contributed by atoms with Crippen molar-refractivity contribution in [3.05, 3.63) is 154 Å². The molecule has 3 heterocycles. The van der Waals surface area contributed by atoms with E-state index in [2.05, 4.69) is 44.5 Å². The minimum atomic E-state index is -4.67. The molecule has 1 aliphatic heterocycles. The average Bonchev–Trinajstić information content (AvgIpc) is 3.92. The third-order valence-corrected chi connectivity index (χ3v) is 15.8. The zero-order valence-corrected chi connectivity index (χ0v) is 41.5. The molecule has 4 aromatic carbocycles. The van der Waals surface area contributed by atoms with Gasteiger partial charge in [-0.05, 0) is 45.3 Å². The molecule has 22 heteroatoms. The van der Waals surface area contributed by atoms with Crippen LogP contribution in [0.25, 0.3) is 10.0 Å². The molecule has 0 aliphatic carbocycles. The quantitative estimate of drug-likeness (QED) is 0.0695. The fraction of sp³-hybridized carbons (Fsp3) is 0.304. The zero-order valence-electron chi connectivity index (χ0n) is 36.5. The second-order valence-electron chi connectivity index (χ2n) is 15.9. The predicted molar refractivity (Wildman–Crippen MR) is 232 cm³/mol. The van der Waals surface area contributed by atoms with Gasteiger partial charge in [-0.1, -0.05) is 0 Å². The predicted octanol–water partition coefficient (Wildman–Crippen LogP) is 13.5. The third-order valence-electron chi connectivity index (χ3n) is 10.2. The minimum absolute atomic E-state index is 0.126. The van der Waals surface area contributed by atoms with Gasteiger partial charge in [-0.15, -0.1) is 0 Å². The normalized spacial score (nSPS) is 14.3. The van der Waals surface area contributed by atoms with Gasteiger partial charge in [0.25, 0.3) is 0 Å². The summed E-state index contributed by atoms with van der Waals surface area (Å²) in [7, 11) is -1.22. The first kappa shape index (κ1) is 54.9. The molecule has 2 aromatic heterocycles. The van der Waals surface area contributed by atoms with Gasteiger partial charge in [0.15, 0.2) is 17.5 Å². The number of ether oxygens (including phenoxy) is 2. The van der Waals surface area contributed by atoms with Gasteiger partial charge in [0, 0.05) is 12.1 Å². The van der Waals surface area contributed by atoms with E-state index in [4.69, 9.17) is 9.31 Å². The molecular weight excluding hydrogens is 1130 g/mol. The number of alkyl halides is 4. The molecule has 68 heavy (non-hydrogen) atoms. The van der Waals surface area contributed by atoms with Crippen LogP contribution in [0.3, 0.4) is 0 Å². The van der Waals surface area contributed by atoms with Gasteiger partial charge in [0.1, 0.15) is 22.9 Å². The molecule has 1 fully saturated rings. The van der Waals surface area contributed by atoms with Crippen molar-refractivity contribution in [2.75, 3.05) is 0 Å². The van der Waals surface area contributed by atoms with Crippen molar-refractivity contribution in [1.29, 1.82) is 0 Å². The Morgan fingerprint density at radius 3 is 1.26 bits per heavy atom. The standard InChI is InChI=1S/C20H13F7OSe.C19H16BF7O3.C7H9BrSe/c1-2-3-12-4-5-17(29-12)10-6-13(21)18(14(22)7-10)20(26,27)28-11-8-15(23)19(25)16(24)9-11;1-17(2)18(3,4)30-20(29-17)9-5-11(21)15(12(22)6-9)19(26,27)28-10-7-13(23)16(25)14(24)8-10;1-2-3-6-4-5-7(8)9-6/h4-9H,2-3H2,1H3;5-8H,1-4H3;4-5H,2-3H2,1H3. The van der Waals surface area contributed by atoms with E-state index in [1.807, 2.05) is 13.0 Å². The molecule has 1 aliphatic rings. The number of halogens is 15. The molecule has 0 N–H and O–H groups in total. The number of hydrogen-bond donors (Lipinski definition) is 0. The fourth-order valence-corrected chi connectivity index (χ4v) is 11.5. The second-order valence-corrected chi connectivity index (χ2v) is 22.8. The molecule has 0 atom stereocenters. The summed E-state index contributed by atoms with van der Waals surface area (Å²) in [6, 6.07) is 11.2. The van der Waals surface area contributed by atoms with E-state index in [9.17, 15) is 61.5 Å². The van der Waals surface area contributed by atoms with Crippen LogP contribution in [0.1, 0.15) is 74.4 Å². The van der Waals surface area contributed by atoms with Crippen molar-refractivity contribution < 1.29 is 80.2 Å². The number of rotatable bonds is 12.